The van der Waals surface area contributed by atoms with Gasteiger partial charge in [-0.3, -0.25) is 14.6 Å². The van der Waals surface area contributed by atoms with Crippen LogP contribution in [-0.2, 0) is 6.54 Å². The third kappa shape index (κ3) is 4.66. The summed E-state index contributed by atoms with van der Waals surface area (Å²) in [4.78, 5) is 29.1. The van der Waals surface area contributed by atoms with Gasteiger partial charge in [0.05, 0.1) is 19.8 Å². The number of urea groups is 1. The van der Waals surface area contributed by atoms with Crippen molar-refractivity contribution in [1.29, 1.82) is 0 Å². The first-order valence-corrected chi connectivity index (χ1v) is 10.7. The van der Waals surface area contributed by atoms with Crippen LogP contribution in [0.1, 0.15) is 28.8 Å². The van der Waals surface area contributed by atoms with Crippen LogP contribution in [0.3, 0.4) is 0 Å². The zero-order valence-electron chi connectivity index (χ0n) is 18.1. The van der Waals surface area contributed by atoms with Crippen molar-refractivity contribution in [3.8, 4) is 11.5 Å². The van der Waals surface area contributed by atoms with Crippen LogP contribution in [-0.4, -0.2) is 57.1 Å². The van der Waals surface area contributed by atoms with Crippen molar-refractivity contribution in [2.24, 2.45) is 5.92 Å². The molecule has 4 rings (SSSR count). The van der Waals surface area contributed by atoms with Gasteiger partial charge < -0.3 is 14.8 Å². The highest BCUT2D eigenvalue weighted by molar-refractivity contribution is 6.00. The molecule has 0 unspecified atom stereocenters. The molecule has 0 spiro atoms. The van der Waals surface area contributed by atoms with E-state index in [0.717, 1.165) is 38.2 Å². The molecule has 7 nitrogen and oxygen atoms in total. The second-order valence-corrected chi connectivity index (χ2v) is 8.05. The van der Waals surface area contributed by atoms with Gasteiger partial charge in [0.15, 0.2) is 5.78 Å². The molecule has 2 aliphatic rings. The highest BCUT2D eigenvalue weighted by Gasteiger charge is 2.28. The maximum absolute atomic E-state index is 13.2. The van der Waals surface area contributed by atoms with E-state index in [9.17, 15) is 9.59 Å². The van der Waals surface area contributed by atoms with Crippen molar-refractivity contribution in [2.75, 3.05) is 45.3 Å². The van der Waals surface area contributed by atoms with E-state index in [1.807, 2.05) is 12.1 Å². The minimum Gasteiger partial charge on any atom is -0.497 e. The van der Waals surface area contributed by atoms with Crippen LogP contribution >= 0.6 is 0 Å². The Bertz CT molecular complexity index is 944. The lowest BCUT2D eigenvalue weighted by atomic mass is 9.89. The number of piperidine rings is 1. The molecule has 0 bridgehead atoms. The van der Waals surface area contributed by atoms with E-state index in [4.69, 9.17) is 9.47 Å². The third-order valence-electron chi connectivity index (χ3n) is 6.06. The fraction of sp³-hybridized carbons (Fsp3) is 0.417. The molecule has 2 aliphatic heterocycles. The van der Waals surface area contributed by atoms with E-state index in [1.165, 1.54) is 5.56 Å². The molecule has 164 valence electrons. The Morgan fingerprint density at radius 1 is 1.10 bits per heavy atom. The summed E-state index contributed by atoms with van der Waals surface area (Å²) in [6.45, 7) is 3.87. The molecule has 2 fully saturated rings. The van der Waals surface area contributed by atoms with E-state index in [-0.39, 0.29) is 17.7 Å². The van der Waals surface area contributed by atoms with Crippen molar-refractivity contribution in [3.05, 3.63) is 53.6 Å². The zero-order valence-corrected chi connectivity index (χ0v) is 18.1. The Morgan fingerprint density at radius 2 is 1.90 bits per heavy atom. The summed E-state index contributed by atoms with van der Waals surface area (Å²) in [5.41, 5.74) is 2.71. The molecule has 0 aromatic heterocycles. The summed E-state index contributed by atoms with van der Waals surface area (Å²) < 4.78 is 10.7. The lowest BCUT2D eigenvalue weighted by Crippen LogP contribution is -2.38. The van der Waals surface area contributed by atoms with Gasteiger partial charge in [0.25, 0.3) is 0 Å². The molecular weight excluding hydrogens is 394 g/mol. The van der Waals surface area contributed by atoms with Crippen LogP contribution < -0.4 is 19.7 Å². The molecule has 7 heteroatoms. The number of carbonyl (C=O) groups is 2. The number of likely N-dealkylation sites (tertiary alicyclic amines) is 1. The molecule has 2 amide bonds. The summed E-state index contributed by atoms with van der Waals surface area (Å²) >= 11 is 0. The Hall–Kier alpha value is -3.06. The number of ketones is 1. The van der Waals surface area contributed by atoms with Gasteiger partial charge in [-0.15, -0.1) is 0 Å². The standard InChI is InChI=1S/C24H29N3O4/c1-30-20-9-10-21(22(14-20)31-2)23(28)18-4-3-12-26(16-18)15-17-5-7-19(8-6-17)27-13-11-25-24(27)29/h5-10,14,18H,3-4,11-13,15-16H2,1-2H3,(H,25,29)/t18-/m1/s1. The maximum Gasteiger partial charge on any atom is 0.321 e. The number of carbonyl (C=O) groups excluding carboxylic acids is 2. The van der Waals surface area contributed by atoms with Gasteiger partial charge in [-0.25, -0.2) is 4.79 Å². The number of hydrogen-bond acceptors (Lipinski definition) is 5. The molecule has 2 aromatic rings. The topological polar surface area (TPSA) is 71.1 Å². The van der Waals surface area contributed by atoms with Crippen molar-refractivity contribution in [2.45, 2.75) is 19.4 Å². The van der Waals surface area contributed by atoms with Crippen molar-refractivity contribution < 1.29 is 19.1 Å². The highest BCUT2D eigenvalue weighted by atomic mass is 16.5. The van der Waals surface area contributed by atoms with E-state index in [0.29, 0.717) is 30.2 Å². The molecule has 2 aromatic carbocycles. The quantitative estimate of drug-likeness (QED) is 0.692. The Balaban J connectivity index is 1.40. The number of hydrogen-bond donors (Lipinski definition) is 1. The average molecular weight is 424 g/mol. The number of benzene rings is 2. The fourth-order valence-electron chi connectivity index (χ4n) is 4.39. The second kappa shape index (κ2) is 9.39. The number of Topliss-reactive ketones (excluding diaryl/α,β-unsaturated/α-hetero) is 1. The van der Waals surface area contributed by atoms with Gasteiger partial charge in [0, 0.05) is 43.9 Å². The minimum absolute atomic E-state index is 0.0425. The fourth-order valence-corrected chi connectivity index (χ4v) is 4.39. The molecule has 0 radical (unpaired) electrons. The summed E-state index contributed by atoms with van der Waals surface area (Å²) in [6.07, 6.45) is 1.87. The van der Waals surface area contributed by atoms with Gasteiger partial charge in [-0.1, -0.05) is 12.1 Å². The molecular formula is C24H29N3O4. The number of ether oxygens (including phenoxy) is 2. The van der Waals surface area contributed by atoms with Crippen LogP contribution in [0.15, 0.2) is 42.5 Å². The summed E-state index contributed by atoms with van der Waals surface area (Å²) in [6, 6.07) is 13.4. The largest absolute Gasteiger partial charge is 0.497 e. The van der Waals surface area contributed by atoms with Gasteiger partial charge in [0.1, 0.15) is 11.5 Å². The van der Waals surface area contributed by atoms with Gasteiger partial charge >= 0.3 is 6.03 Å². The van der Waals surface area contributed by atoms with Gasteiger partial charge in [-0.2, -0.15) is 0 Å². The van der Waals surface area contributed by atoms with Crippen LogP contribution in [0.5, 0.6) is 11.5 Å². The van der Waals surface area contributed by atoms with Gasteiger partial charge in [0.2, 0.25) is 0 Å². The van der Waals surface area contributed by atoms with E-state index in [1.54, 1.807) is 37.3 Å². The highest BCUT2D eigenvalue weighted by Crippen LogP contribution is 2.30. The predicted octanol–water partition coefficient (Wildman–Crippen LogP) is 3.33. The Labute approximate surface area is 182 Å². The van der Waals surface area contributed by atoms with Crippen LogP contribution in [0.25, 0.3) is 0 Å². The molecule has 1 atom stereocenters. The normalized spacial score (nSPS) is 19.2. The Kier molecular flexibility index (Phi) is 6.42. The smallest absolute Gasteiger partial charge is 0.321 e. The molecule has 31 heavy (non-hydrogen) atoms. The van der Waals surface area contributed by atoms with E-state index < -0.39 is 0 Å². The lowest BCUT2D eigenvalue weighted by molar-refractivity contribution is 0.0808. The van der Waals surface area contributed by atoms with E-state index >= 15 is 0 Å². The summed E-state index contributed by atoms with van der Waals surface area (Å²) in [5.74, 6) is 1.31. The molecule has 0 saturated carbocycles. The van der Waals surface area contributed by atoms with Crippen molar-refractivity contribution >= 4 is 17.5 Å². The SMILES string of the molecule is COc1ccc(C(=O)[C@@H]2CCCN(Cc3ccc(N4CCNC4=O)cc3)C2)c(OC)c1. The number of anilines is 1. The van der Waals surface area contributed by atoms with Crippen molar-refractivity contribution in [3.63, 3.8) is 0 Å². The zero-order chi connectivity index (χ0) is 21.8. The first kappa shape index (κ1) is 21.2. The average Bonchev–Trinajstić information content (AvgIpc) is 3.24. The maximum atomic E-state index is 13.2. The third-order valence-corrected chi connectivity index (χ3v) is 6.06. The first-order valence-electron chi connectivity index (χ1n) is 10.7. The van der Waals surface area contributed by atoms with Crippen LogP contribution in [0, 0.1) is 5.92 Å². The monoisotopic (exact) mass is 423 g/mol. The number of rotatable bonds is 7. The van der Waals surface area contributed by atoms with Gasteiger partial charge in [-0.05, 0) is 49.2 Å². The summed E-state index contributed by atoms with van der Waals surface area (Å²) in [7, 11) is 3.18. The predicted molar refractivity (Wildman–Crippen MR) is 119 cm³/mol. The van der Waals surface area contributed by atoms with Crippen LogP contribution in [0.4, 0.5) is 10.5 Å². The number of methoxy groups -OCH3 is 2. The van der Waals surface area contributed by atoms with Crippen LogP contribution in [0.2, 0.25) is 0 Å². The summed E-state index contributed by atoms with van der Waals surface area (Å²) in [5, 5.41) is 2.82. The molecule has 2 saturated heterocycles. The second-order valence-electron chi connectivity index (χ2n) is 8.05. The molecule has 2 heterocycles. The molecule has 0 aliphatic carbocycles. The number of nitrogens with one attached hydrogen (secondary N) is 1. The molecule has 1 N–H and O–H groups in total. The van der Waals surface area contributed by atoms with Crippen molar-refractivity contribution in [1.82, 2.24) is 10.2 Å². The number of amides is 2. The first-order chi connectivity index (χ1) is 15.1. The lowest BCUT2D eigenvalue weighted by Gasteiger charge is -2.32. The number of nitrogens with zero attached hydrogens (tertiary/aromatic N) is 2. The Morgan fingerprint density at radius 3 is 2.58 bits per heavy atom. The minimum atomic E-state index is -0.0522. The van der Waals surface area contributed by atoms with E-state index in [2.05, 4.69) is 22.3 Å².